The summed E-state index contributed by atoms with van der Waals surface area (Å²) < 4.78 is 0. The van der Waals surface area contributed by atoms with Crippen LogP contribution in [0.25, 0.3) is 0 Å². The van der Waals surface area contributed by atoms with Crippen molar-refractivity contribution < 1.29 is 0 Å². The van der Waals surface area contributed by atoms with Gasteiger partial charge >= 0.3 is 0 Å². The van der Waals surface area contributed by atoms with Gasteiger partial charge in [-0.15, -0.1) is 0 Å². The smallest absolute Gasteiger partial charge is 0.0408 e. The first-order chi connectivity index (χ1) is 5.81. The number of aryl methyl sites for hydroxylation is 1. The minimum atomic E-state index is 0.789. The van der Waals surface area contributed by atoms with Crippen LogP contribution in [0.2, 0.25) is 5.02 Å². The van der Waals surface area contributed by atoms with Crippen LogP contribution >= 0.6 is 11.6 Å². The monoisotopic (exact) mass is 180 g/mol. The molecule has 0 saturated heterocycles. The van der Waals surface area contributed by atoms with Crippen LogP contribution in [-0.2, 0) is 6.42 Å². The molecule has 1 aromatic carbocycles. The van der Waals surface area contributed by atoms with Crippen molar-refractivity contribution in [1.29, 1.82) is 0 Å². The van der Waals surface area contributed by atoms with Gasteiger partial charge in [0.1, 0.15) is 0 Å². The number of hydrogen-bond acceptors (Lipinski definition) is 0. The maximum absolute atomic E-state index is 5.91. The topological polar surface area (TPSA) is 0 Å². The van der Waals surface area contributed by atoms with Crippen molar-refractivity contribution in [2.24, 2.45) is 0 Å². The van der Waals surface area contributed by atoms with Crippen LogP contribution in [0.5, 0.6) is 0 Å². The molecule has 0 bridgehead atoms. The van der Waals surface area contributed by atoms with E-state index in [4.69, 9.17) is 11.6 Å². The van der Waals surface area contributed by atoms with Gasteiger partial charge in [-0.05, 0) is 48.4 Å². The Kier molecular flexibility index (Phi) is 2.10. The fourth-order valence-electron chi connectivity index (χ4n) is 2.10. The van der Waals surface area contributed by atoms with Crippen LogP contribution in [-0.4, -0.2) is 0 Å². The molecule has 0 saturated carbocycles. The van der Waals surface area contributed by atoms with Crippen LogP contribution in [0, 0.1) is 0 Å². The van der Waals surface area contributed by atoms with Gasteiger partial charge in [0.25, 0.3) is 0 Å². The summed E-state index contributed by atoms with van der Waals surface area (Å²) in [5.41, 5.74) is 3.00. The van der Waals surface area contributed by atoms with E-state index in [-0.39, 0.29) is 0 Å². The Hall–Kier alpha value is -0.490. The minimum absolute atomic E-state index is 0.789. The van der Waals surface area contributed by atoms with E-state index in [9.17, 15) is 0 Å². The van der Waals surface area contributed by atoms with Gasteiger partial charge in [0.15, 0.2) is 0 Å². The lowest BCUT2D eigenvalue weighted by Crippen LogP contribution is -1.89. The van der Waals surface area contributed by atoms with Crippen molar-refractivity contribution in [3.8, 4) is 0 Å². The summed E-state index contributed by atoms with van der Waals surface area (Å²) in [6, 6.07) is 6.32. The number of rotatable bonds is 1. The quantitative estimate of drug-likeness (QED) is 0.617. The van der Waals surface area contributed by atoms with Crippen molar-refractivity contribution in [2.75, 3.05) is 0 Å². The van der Waals surface area contributed by atoms with Crippen LogP contribution in [0.15, 0.2) is 18.2 Å². The summed E-state index contributed by atoms with van der Waals surface area (Å²) in [4.78, 5) is 0. The van der Waals surface area contributed by atoms with Crippen LogP contribution < -0.4 is 0 Å². The highest BCUT2D eigenvalue weighted by molar-refractivity contribution is 6.30. The van der Waals surface area contributed by atoms with Gasteiger partial charge in [0.05, 0.1) is 0 Å². The fraction of sp³-hybridized carbons (Fsp3) is 0.455. The average Bonchev–Trinajstić information content (AvgIpc) is 2.46. The van der Waals surface area contributed by atoms with Crippen molar-refractivity contribution in [3.63, 3.8) is 0 Å². The molecule has 64 valence electrons. The zero-order valence-corrected chi connectivity index (χ0v) is 8.06. The van der Waals surface area contributed by atoms with Crippen LogP contribution in [0.4, 0.5) is 0 Å². The summed E-state index contributed by atoms with van der Waals surface area (Å²) in [6.45, 7) is 2.26. The van der Waals surface area contributed by atoms with E-state index in [2.05, 4.69) is 19.1 Å². The molecule has 0 fully saturated rings. The Morgan fingerprint density at radius 2 is 2.33 bits per heavy atom. The SMILES string of the molecule is CCC1CCc2cc(Cl)ccc21. The molecule has 1 atom stereocenters. The molecule has 0 amide bonds. The summed E-state index contributed by atoms with van der Waals surface area (Å²) in [5, 5.41) is 0.880. The largest absolute Gasteiger partial charge is 0.0843 e. The second-order valence-electron chi connectivity index (χ2n) is 3.49. The average molecular weight is 181 g/mol. The Morgan fingerprint density at radius 3 is 3.08 bits per heavy atom. The Balaban J connectivity index is 2.40. The zero-order valence-electron chi connectivity index (χ0n) is 7.31. The molecule has 0 aromatic heterocycles. The number of hydrogen-bond donors (Lipinski definition) is 0. The molecular weight excluding hydrogens is 168 g/mol. The Labute approximate surface area is 78.6 Å². The summed E-state index contributed by atoms with van der Waals surface area (Å²) in [5.74, 6) is 0.789. The molecule has 0 N–H and O–H groups in total. The molecule has 1 heteroatoms. The molecule has 1 aliphatic carbocycles. The van der Waals surface area contributed by atoms with Crippen LogP contribution in [0.3, 0.4) is 0 Å². The molecule has 0 nitrogen and oxygen atoms in total. The van der Waals surface area contributed by atoms with E-state index in [1.807, 2.05) is 6.07 Å². The molecular formula is C11H13Cl. The van der Waals surface area contributed by atoms with E-state index < -0.39 is 0 Å². The maximum Gasteiger partial charge on any atom is 0.0408 e. The van der Waals surface area contributed by atoms with Gasteiger partial charge in [0, 0.05) is 5.02 Å². The normalized spacial score (nSPS) is 21.0. The summed E-state index contributed by atoms with van der Waals surface area (Å²) in [7, 11) is 0. The molecule has 0 radical (unpaired) electrons. The first kappa shape index (κ1) is 8.12. The molecule has 1 unspecified atom stereocenters. The lowest BCUT2D eigenvalue weighted by Gasteiger charge is -2.07. The highest BCUT2D eigenvalue weighted by Crippen LogP contribution is 2.36. The molecule has 0 aliphatic heterocycles. The molecule has 12 heavy (non-hydrogen) atoms. The number of fused-ring (bicyclic) bond motifs is 1. The second-order valence-corrected chi connectivity index (χ2v) is 3.92. The van der Waals surface area contributed by atoms with Gasteiger partial charge in [-0.2, -0.15) is 0 Å². The predicted octanol–water partition coefficient (Wildman–Crippen LogP) is 3.78. The predicted molar refractivity (Wildman–Crippen MR) is 52.8 cm³/mol. The van der Waals surface area contributed by atoms with Crippen molar-refractivity contribution >= 4 is 11.6 Å². The molecule has 0 spiro atoms. The third-order valence-electron chi connectivity index (χ3n) is 2.80. The molecule has 2 rings (SSSR count). The van der Waals surface area contributed by atoms with Gasteiger partial charge in [-0.3, -0.25) is 0 Å². The molecule has 0 heterocycles. The summed E-state index contributed by atoms with van der Waals surface area (Å²) in [6.07, 6.45) is 3.79. The molecule has 1 aromatic rings. The third-order valence-corrected chi connectivity index (χ3v) is 3.03. The Morgan fingerprint density at radius 1 is 1.50 bits per heavy atom. The zero-order chi connectivity index (χ0) is 8.55. The van der Waals surface area contributed by atoms with Crippen molar-refractivity contribution in [3.05, 3.63) is 34.3 Å². The summed E-state index contributed by atoms with van der Waals surface area (Å²) >= 11 is 5.91. The maximum atomic E-state index is 5.91. The minimum Gasteiger partial charge on any atom is -0.0843 e. The first-order valence-electron chi connectivity index (χ1n) is 4.59. The van der Waals surface area contributed by atoms with Crippen molar-refractivity contribution in [1.82, 2.24) is 0 Å². The van der Waals surface area contributed by atoms with E-state index in [1.165, 1.54) is 30.4 Å². The highest BCUT2D eigenvalue weighted by Gasteiger charge is 2.20. The lowest BCUT2D eigenvalue weighted by molar-refractivity contribution is 0.656. The first-order valence-corrected chi connectivity index (χ1v) is 4.97. The van der Waals surface area contributed by atoms with Crippen molar-refractivity contribution in [2.45, 2.75) is 32.1 Å². The van der Waals surface area contributed by atoms with Gasteiger partial charge in [0.2, 0.25) is 0 Å². The van der Waals surface area contributed by atoms with E-state index in [1.54, 1.807) is 0 Å². The number of benzene rings is 1. The standard InChI is InChI=1S/C11H13Cl/c1-2-8-3-4-9-7-10(12)5-6-11(8)9/h5-8H,2-4H2,1H3. The number of halogens is 1. The van der Waals surface area contributed by atoms with Crippen LogP contribution in [0.1, 0.15) is 36.8 Å². The van der Waals surface area contributed by atoms with Gasteiger partial charge in [-0.1, -0.05) is 24.6 Å². The van der Waals surface area contributed by atoms with E-state index >= 15 is 0 Å². The highest BCUT2D eigenvalue weighted by atomic mass is 35.5. The Bertz CT molecular complexity index is 291. The second kappa shape index (κ2) is 3.10. The van der Waals surface area contributed by atoms with E-state index in [0.29, 0.717) is 0 Å². The lowest BCUT2D eigenvalue weighted by atomic mass is 9.99. The molecule has 1 aliphatic rings. The van der Waals surface area contributed by atoms with E-state index in [0.717, 1.165) is 10.9 Å². The third kappa shape index (κ3) is 1.25. The van der Waals surface area contributed by atoms with Gasteiger partial charge in [-0.25, -0.2) is 0 Å². The van der Waals surface area contributed by atoms with Gasteiger partial charge < -0.3 is 0 Å². The fourth-order valence-corrected chi connectivity index (χ4v) is 2.29.